The van der Waals surface area contributed by atoms with Crippen LogP contribution in [0.2, 0.25) is 0 Å². The van der Waals surface area contributed by atoms with Gasteiger partial charge in [-0.05, 0) is 30.7 Å². The third-order valence-electron chi connectivity index (χ3n) is 3.03. The van der Waals surface area contributed by atoms with Crippen LogP contribution in [0, 0.1) is 0 Å². The highest BCUT2D eigenvalue weighted by Crippen LogP contribution is 2.12. The molecule has 1 aromatic rings. The van der Waals surface area contributed by atoms with Crippen molar-refractivity contribution in [1.82, 2.24) is 9.88 Å². The van der Waals surface area contributed by atoms with Gasteiger partial charge in [0.2, 0.25) is 0 Å². The molecular weight excluding hydrogens is 252 g/mol. The van der Waals surface area contributed by atoms with Crippen LogP contribution in [-0.2, 0) is 16.4 Å². The maximum Gasteiger partial charge on any atom is 0.151 e. The Bertz CT molecular complexity index is 504. The van der Waals surface area contributed by atoms with Crippen molar-refractivity contribution in [3.8, 4) is 0 Å². The number of hydrogen-bond acceptors (Lipinski definition) is 6. The van der Waals surface area contributed by atoms with Gasteiger partial charge < -0.3 is 5.43 Å². The van der Waals surface area contributed by atoms with Crippen LogP contribution in [0.3, 0.4) is 0 Å². The maximum atomic E-state index is 11.5. The van der Waals surface area contributed by atoms with Crippen LogP contribution in [-0.4, -0.2) is 42.9 Å². The molecule has 1 fully saturated rings. The zero-order valence-corrected chi connectivity index (χ0v) is 11.0. The molecule has 0 aliphatic carbocycles. The normalized spacial score (nSPS) is 20.3. The van der Waals surface area contributed by atoms with Gasteiger partial charge in [0.25, 0.3) is 0 Å². The number of nitrogens with two attached hydrogens (primary N) is 1. The minimum atomic E-state index is -2.84. The average Bonchev–Trinajstić information content (AvgIpc) is 2.51. The Balaban J connectivity index is 2.00. The molecule has 1 aliphatic heterocycles. The molecule has 18 heavy (non-hydrogen) atoms. The second kappa shape index (κ2) is 5.64. The molecule has 0 bridgehead atoms. The van der Waals surface area contributed by atoms with E-state index in [4.69, 9.17) is 5.84 Å². The van der Waals surface area contributed by atoms with E-state index in [1.807, 2.05) is 12.1 Å². The quantitative estimate of drug-likeness (QED) is 0.593. The van der Waals surface area contributed by atoms with Gasteiger partial charge in [0.15, 0.2) is 9.84 Å². The van der Waals surface area contributed by atoms with Gasteiger partial charge in [-0.2, -0.15) is 0 Å². The van der Waals surface area contributed by atoms with Gasteiger partial charge in [0, 0.05) is 19.3 Å². The van der Waals surface area contributed by atoms with E-state index < -0.39 is 9.84 Å². The van der Waals surface area contributed by atoms with E-state index in [1.165, 1.54) is 0 Å². The number of aromatic nitrogens is 1. The van der Waals surface area contributed by atoms with Gasteiger partial charge in [-0.15, -0.1) is 0 Å². The molecule has 0 radical (unpaired) electrons. The Labute approximate surface area is 107 Å². The van der Waals surface area contributed by atoms with E-state index in [2.05, 4.69) is 15.3 Å². The highest BCUT2D eigenvalue weighted by molar-refractivity contribution is 7.91. The summed E-state index contributed by atoms with van der Waals surface area (Å²) in [6.45, 7) is 2.13. The SMILES string of the molecule is NNc1cc(CN2CCCS(=O)(=O)CC2)ccn1. The molecule has 0 amide bonds. The Morgan fingerprint density at radius 1 is 1.39 bits per heavy atom. The first-order valence-corrected chi connectivity index (χ1v) is 7.75. The summed E-state index contributed by atoms with van der Waals surface area (Å²) in [4.78, 5) is 6.20. The first-order valence-electron chi connectivity index (χ1n) is 5.93. The summed E-state index contributed by atoms with van der Waals surface area (Å²) in [7, 11) is -2.84. The minimum absolute atomic E-state index is 0.250. The minimum Gasteiger partial charge on any atom is -0.308 e. The molecule has 100 valence electrons. The molecule has 6 nitrogen and oxygen atoms in total. The molecule has 1 saturated heterocycles. The first-order chi connectivity index (χ1) is 8.59. The lowest BCUT2D eigenvalue weighted by Gasteiger charge is -2.19. The van der Waals surface area contributed by atoms with Crippen molar-refractivity contribution in [2.75, 3.05) is 30.0 Å². The summed E-state index contributed by atoms with van der Waals surface area (Å²) in [5.74, 6) is 6.48. The molecule has 1 aromatic heterocycles. The van der Waals surface area contributed by atoms with E-state index in [0.29, 0.717) is 24.5 Å². The van der Waals surface area contributed by atoms with Crippen molar-refractivity contribution < 1.29 is 8.42 Å². The van der Waals surface area contributed by atoms with E-state index in [1.54, 1.807) is 6.20 Å². The molecule has 0 saturated carbocycles. The highest BCUT2D eigenvalue weighted by atomic mass is 32.2. The fraction of sp³-hybridized carbons (Fsp3) is 0.545. The van der Waals surface area contributed by atoms with Crippen LogP contribution in [0.1, 0.15) is 12.0 Å². The number of pyridine rings is 1. The lowest BCUT2D eigenvalue weighted by Crippen LogP contribution is -2.26. The first kappa shape index (κ1) is 13.3. The van der Waals surface area contributed by atoms with Crippen molar-refractivity contribution in [3.63, 3.8) is 0 Å². The predicted molar refractivity (Wildman–Crippen MR) is 70.6 cm³/mol. The third-order valence-corrected chi connectivity index (χ3v) is 4.74. The van der Waals surface area contributed by atoms with E-state index in [-0.39, 0.29) is 5.75 Å². The summed E-state index contributed by atoms with van der Waals surface area (Å²) in [5.41, 5.74) is 3.59. The summed E-state index contributed by atoms with van der Waals surface area (Å²) in [6.07, 6.45) is 2.40. The number of nitrogens with zero attached hydrogens (tertiary/aromatic N) is 2. The standard InChI is InChI=1S/C11H18N4O2S/c12-14-11-8-10(2-3-13-11)9-15-4-1-6-18(16,17)7-5-15/h2-3,8H,1,4-7,9,12H2,(H,13,14). The number of nitrogen functional groups attached to an aromatic ring is 1. The van der Waals surface area contributed by atoms with Gasteiger partial charge in [0.1, 0.15) is 5.82 Å². The molecular formula is C11H18N4O2S. The van der Waals surface area contributed by atoms with E-state index >= 15 is 0 Å². The van der Waals surface area contributed by atoms with Crippen molar-refractivity contribution in [2.24, 2.45) is 5.84 Å². The third kappa shape index (κ3) is 3.66. The number of hydrogen-bond donors (Lipinski definition) is 2. The average molecular weight is 270 g/mol. The summed E-state index contributed by atoms with van der Waals surface area (Å²) in [5, 5.41) is 0. The van der Waals surface area contributed by atoms with Crippen LogP contribution < -0.4 is 11.3 Å². The Morgan fingerprint density at radius 3 is 3.00 bits per heavy atom. The fourth-order valence-electron chi connectivity index (χ4n) is 2.06. The van der Waals surface area contributed by atoms with Crippen molar-refractivity contribution >= 4 is 15.7 Å². The number of rotatable bonds is 3. The van der Waals surface area contributed by atoms with Crippen LogP contribution in [0.15, 0.2) is 18.3 Å². The topological polar surface area (TPSA) is 88.3 Å². The van der Waals surface area contributed by atoms with Gasteiger partial charge in [-0.1, -0.05) is 0 Å². The zero-order chi connectivity index (χ0) is 13.0. The second-order valence-corrected chi connectivity index (χ2v) is 6.78. The zero-order valence-electron chi connectivity index (χ0n) is 10.2. The summed E-state index contributed by atoms with van der Waals surface area (Å²) < 4.78 is 23.0. The van der Waals surface area contributed by atoms with Crippen molar-refractivity contribution in [2.45, 2.75) is 13.0 Å². The molecule has 0 aromatic carbocycles. The summed E-state index contributed by atoms with van der Waals surface area (Å²) >= 11 is 0. The Morgan fingerprint density at radius 2 is 2.22 bits per heavy atom. The van der Waals surface area contributed by atoms with Crippen LogP contribution in [0.5, 0.6) is 0 Å². The van der Waals surface area contributed by atoms with Crippen LogP contribution in [0.25, 0.3) is 0 Å². The molecule has 0 unspecified atom stereocenters. The van der Waals surface area contributed by atoms with Gasteiger partial charge in [-0.25, -0.2) is 19.2 Å². The van der Waals surface area contributed by atoms with Gasteiger partial charge in [0.05, 0.1) is 11.5 Å². The van der Waals surface area contributed by atoms with E-state index in [0.717, 1.165) is 18.7 Å². The molecule has 2 rings (SSSR count). The number of nitrogens with one attached hydrogen (secondary N) is 1. The monoisotopic (exact) mass is 270 g/mol. The fourth-order valence-corrected chi connectivity index (χ4v) is 3.37. The number of hydrazine groups is 1. The van der Waals surface area contributed by atoms with Gasteiger partial charge >= 0.3 is 0 Å². The molecule has 0 spiro atoms. The van der Waals surface area contributed by atoms with Gasteiger partial charge in [-0.3, -0.25) is 4.90 Å². The van der Waals surface area contributed by atoms with Crippen molar-refractivity contribution in [1.29, 1.82) is 0 Å². The molecule has 3 N–H and O–H groups in total. The van der Waals surface area contributed by atoms with Crippen LogP contribution in [0.4, 0.5) is 5.82 Å². The molecule has 7 heteroatoms. The summed E-state index contributed by atoms with van der Waals surface area (Å²) in [6, 6.07) is 3.79. The largest absolute Gasteiger partial charge is 0.308 e. The smallest absolute Gasteiger partial charge is 0.151 e. The maximum absolute atomic E-state index is 11.5. The second-order valence-electron chi connectivity index (χ2n) is 4.48. The Hall–Kier alpha value is -1.18. The molecule has 2 heterocycles. The highest BCUT2D eigenvalue weighted by Gasteiger charge is 2.19. The molecule has 1 aliphatic rings. The van der Waals surface area contributed by atoms with Crippen molar-refractivity contribution in [3.05, 3.63) is 23.9 Å². The molecule has 0 atom stereocenters. The van der Waals surface area contributed by atoms with E-state index in [9.17, 15) is 8.42 Å². The lowest BCUT2D eigenvalue weighted by atomic mass is 10.2. The lowest BCUT2D eigenvalue weighted by molar-refractivity contribution is 0.287. The number of sulfone groups is 1. The van der Waals surface area contributed by atoms with Crippen LogP contribution >= 0.6 is 0 Å². The Kier molecular flexibility index (Phi) is 4.15. The number of anilines is 1. The predicted octanol–water partition coefficient (Wildman–Crippen LogP) is -0.0123.